The molecule has 120 valence electrons. The van der Waals surface area contributed by atoms with E-state index in [9.17, 15) is 9.59 Å². The fourth-order valence-corrected chi connectivity index (χ4v) is 2.84. The van der Waals surface area contributed by atoms with E-state index in [4.69, 9.17) is 16.7 Å². The van der Waals surface area contributed by atoms with Crippen molar-refractivity contribution < 1.29 is 14.7 Å². The minimum atomic E-state index is -1.39. The summed E-state index contributed by atoms with van der Waals surface area (Å²) in [6, 6.07) is 5.84. The van der Waals surface area contributed by atoms with Gasteiger partial charge < -0.3 is 14.9 Å². The molecule has 0 aliphatic carbocycles. The van der Waals surface area contributed by atoms with Crippen LogP contribution in [0.2, 0.25) is 5.02 Å². The molecule has 1 heterocycles. The number of amides is 1. The summed E-state index contributed by atoms with van der Waals surface area (Å²) < 4.78 is 0. The first kappa shape index (κ1) is 16.6. The molecule has 1 saturated heterocycles. The second kappa shape index (κ2) is 6.16. The van der Waals surface area contributed by atoms with Crippen molar-refractivity contribution in [2.75, 3.05) is 31.1 Å². The molecule has 1 aromatic rings. The Hall–Kier alpha value is -1.75. The summed E-state index contributed by atoms with van der Waals surface area (Å²) >= 11 is 6.12. The topological polar surface area (TPSA) is 60.9 Å². The van der Waals surface area contributed by atoms with Gasteiger partial charge in [-0.2, -0.15) is 0 Å². The summed E-state index contributed by atoms with van der Waals surface area (Å²) in [5.41, 5.74) is 2.20. The number of carbonyl (C=O) groups is 2. The van der Waals surface area contributed by atoms with Crippen molar-refractivity contribution in [3.8, 4) is 0 Å². The van der Waals surface area contributed by atoms with Crippen LogP contribution in [-0.4, -0.2) is 48.1 Å². The van der Waals surface area contributed by atoms with Gasteiger partial charge in [-0.15, -0.1) is 0 Å². The van der Waals surface area contributed by atoms with E-state index in [1.54, 1.807) is 0 Å². The van der Waals surface area contributed by atoms with Gasteiger partial charge in [-0.3, -0.25) is 4.79 Å². The summed E-state index contributed by atoms with van der Waals surface area (Å²) in [5.74, 6) is -2.22. The zero-order chi connectivity index (χ0) is 16.5. The summed E-state index contributed by atoms with van der Waals surface area (Å²) in [7, 11) is 0. The van der Waals surface area contributed by atoms with Crippen molar-refractivity contribution in [2.45, 2.75) is 26.2 Å². The lowest BCUT2D eigenvalue weighted by Gasteiger charge is -2.38. The van der Waals surface area contributed by atoms with Gasteiger partial charge >= 0.3 is 11.9 Å². The number of carbonyl (C=O) groups excluding carboxylic acids is 1. The molecule has 6 heteroatoms. The fraction of sp³-hybridized carbons (Fsp3) is 0.500. The highest BCUT2D eigenvalue weighted by Gasteiger charge is 2.28. The third-order valence-electron chi connectivity index (χ3n) is 3.86. The Morgan fingerprint density at radius 1 is 1.14 bits per heavy atom. The monoisotopic (exact) mass is 324 g/mol. The normalized spacial score (nSPS) is 15.8. The number of carboxylic acid groups (broad SMARTS) is 1. The van der Waals surface area contributed by atoms with Gasteiger partial charge in [0.2, 0.25) is 0 Å². The summed E-state index contributed by atoms with van der Waals surface area (Å²) in [6.07, 6.45) is 0. The van der Waals surface area contributed by atoms with Crippen LogP contribution in [0.4, 0.5) is 5.69 Å². The average molecular weight is 325 g/mol. The van der Waals surface area contributed by atoms with E-state index in [0.717, 1.165) is 11.3 Å². The lowest BCUT2D eigenvalue weighted by molar-refractivity contribution is -0.156. The van der Waals surface area contributed by atoms with Crippen LogP contribution in [0.1, 0.15) is 26.3 Å². The zero-order valence-corrected chi connectivity index (χ0v) is 13.9. The molecular weight excluding hydrogens is 304 g/mol. The van der Waals surface area contributed by atoms with Crippen molar-refractivity contribution >= 4 is 29.2 Å². The number of anilines is 1. The van der Waals surface area contributed by atoms with Gasteiger partial charge in [-0.1, -0.05) is 32.4 Å². The van der Waals surface area contributed by atoms with Crippen molar-refractivity contribution in [3.63, 3.8) is 0 Å². The van der Waals surface area contributed by atoms with Crippen LogP contribution in [0.15, 0.2) is 18.2 Å². The van der Waals surface area contributed by atoms with Gasteiger partial charge in [0.05, 0.1) is 0 Å². The smallest absolute Gasteiger partial charge is 0.394 e. The van der Waals surface area contributed by atoms with Crippen LogP contribution in [0.5, 0.6) is 0 Å². The van der Waals surface area contributed by atoms with E-state index in [0.29, 0.717) is 31.2 Å². The van der Waals surface area contributed by atoms with Crippen LogP contribution < -0.4 is 4.90 Å². The molecule has 1 aliphatic heterocycles. The SMILES string of the molecule is CC(C)(C)c1cc(Cl)ccc1N1CCN(C(=O)C(=O)O)CC1. The molecule has 1 aliphatic rings. The first-order chi connectivity index (χ1) is 10.2. The molecule has 0 radical (unpaired) electrons. The van der Waals surface area contributed by atoms with E-state index in [1.807, 2.05) is 18.2 Å². The first-order valence-corrected chi connectivity index (χ1v) is 7.65. The summed E-state index contributed by atoms with van der Waals surface area (Å²) in [6.45, 7) is 8.45. The van der Waals surface area contributed by atoms with Gasteiger partial charge in [-0.05, 0) is 29.2 Å². The molecule has 0 atom stereocenters. The summed E-state index contributed by atoms with van der Waals surface area (Å²) in [5, 5.41) is 9.48. The van der Waals surface area contributed by atoms with E-state index in [1.165, 1.54) is 4.90 Å². The number of rotatable bonds is 1. The fourth-order valence-electron chi connectivity index (χ4n) is 2.67. The predicted molar refractivity (Wildman–Crippen MR) is 86.6 cm³/mol. The Balaban J connectivity index is 2.18. The van der Waals surface area contributed by atoms with Gasteiger partial charge in [0.15, 0.2) is 0 Å². The lowest BCUT2D eigenvalue weighted by atomic mass is 9.85. The Bertz CT molecular complexity index is 588. The standard InChI is InChI=1S/C16H21ClN2O3/c1-16(2,3)12-10-11(17)4-5-13(12)18-6-8-19(9-7-18)14(20)15(21)22/h4-5,10H,6-9H2,1-3H3,(H,21,22). The number of halogens is 1. The number of aliphatic carboxylic acids is 1. The van der Waals surface area contributed by atoms with E-state index >= 15 is 0 Å². The molecule has 1 aromatic carbocycles. The Morgan fingerprint density at radius 3 is 2.23 bits per heavy atom. The minimum absolute atomic E-state index is 0.0474. The zero-order valence-electron chi connectivity index (χ0n) is 13.1. The molecule has 0 saturated carbocycles. The molecule has 1 N–H and O–H groups in total. The van der Waals surface area contributed by atoms with Crippen molar-refractivity contribution in [3.05, 3.63) is 28.8 Å². The Kier molecular flexibility index (Phi) is 4.66. The number of benzene rings is 1. The van der Waals surface area contributed by atoms with Gasteiger partial charge in [0, 0.05) is 36.9 Å². The summed E-state index contributed by atoms with van der Waals surface area (Å²) in [4.78, 5) is 25.8. The Morgan fingerprint density at radius 2 is 1.73 bits per heavy atom. The lowest BCUT2D eigenvalue weighted by Crippen LogP contribution is -2.51. The molecule has 5 nitrogen and oxygen atoms in total. The first-order valence-electron chi connectivity index (χ1n) is 7.27. The molecule has 1 amide bonds. The second-order valence-electron chi connectivity index (χ2n) is 6.50. The highest BCUT2D eigenvalue weighted by Crippen LogP contribution is 2.34. The highest BCUT2D eigenvalue weighted by atomic mass is 35.5. The second-order valence-corrected chi connectivity index (χ2v) is 6.93. The largest absolute Gasteiger partial charge is 0.474 e. The molecule has 0 bridgehead atoms. The molecule has 22 heavy (non-hydrogen) atoms. The third kappa shape index (κ3) is 3.53. The van der Waals surface area contributed by atoms with Gasteiger partial charge in [0.1, 0.15) is 0 Å². The molecule has 0 aromatic heterocycles. The van der Waals surface area contributed by atoms with E-state index in [2.05, 4.69) is 25.7 Å². The molecular formula is C16H21ClN2O3. The van der Waals surface area contributed by atoms with Crippen molar-refractivity contribution in [1.82, 2.24) is 4.90 Å². The molecule has 0 spiro atoms. The van der Waals surface area contributed by atoms with Gasteiger partial charge in [-0.25, -0.2) is 4.79 Å². The number of hydrogen-bond donors (Lipinski definition) is 1. The van der Waals surface area contributed by atoms with Crippen molar-refractivity contribution in [1.29, 1.82) is 0 Å². The Labute approximate surface area is 135 Å². The number of carboxylic acids is 1. The number of piperazine rings is 1. The maximum absolute atomic E-state index is 11.5. The highest BCUT2D eigenvalue weighted by molar-refractivity contribution is 6.31. The number of hydrogen-bond acceptors (Lipinski definition) is 3. The molecule has 1 fully saturated rings. The van der Waals surface area contributed by atoms with Crippen molar-refractivity contribution in [2.24, 2.45) is 0 Å². The van der Waals surface area contributed by atoms with Crippen LogP contribution in [0.25, 0.3) is 0 Å². The van der Waals surface area contributed by atoms with Gasteiger partial charge in [0.25, 0.3) is 0 Å². The maximum atomic E-state index is 11.5. The number of nitrogens with zero attached hydrogens (tertiary/aromatic N) is 2. The average Bonchev–Trinajstić information content (AvgIpc) is 2.45. The van der Waals surface area contributed by atoms with Crippen LogP contribution >= 0.6 is 11.6 Å². The van der Waals surface area contributed by atoms with Crippen LogP contribution in [-0.2, 0) is 15.0 Å². The van der Waals surface area contributed by atoms with E-state index < -0.39 is 11.9 Å². The quantitative estimate of drug-likeness (QED) is 0.806. The molecule has 0 unspecified atom stereocenters. The van der Waals surface area contributed by atoms with E-state index in [-0.39, 0.29) is 5.41 Å². The van der Waals surface area contributed by atoms with Crippen LogP contribution in [0, 0.1) is 0 Å². The predicted octanol–water partition coefficient (Wildman–Crippen LogP) is 2.37. The molecule has 2 rings (SSSR count). The minimum Gasteiger partial charge on any atom is -0.474 e. The maximum Gasteiger partial charge on any atom is 0.394 e. The van der Waals surface area contributed by atoms with Crippen LogP contribution in [0.3, 0.4) is 0 Å². The third-order valence-corrected chi connectivity index (χ3v) is 4.09.